The van der Waals surface area contributed by atoms with E-state index in [2.05, 4.69) is 0 Å². The number of rotatable bonds is 8. The summed E-state index contributed by atoms with van der Waals surface area (Å²) in [6.07, 6.45) is 0.746. The summed E-state index contributed by atoms with van der Waals surface area (Å²) in [7, 11) is 3.12. The summed E-state index contributed by atoms with van der Waals surface area (Å²) in [6, 6.07) is 15.0. The van der Waals surface area contributed by atoms with Gasteiger partial charge in [0.1, 0.15) is 18.2 Å². The van der Waals surface area contributed by atoms with E-state index in [4.69, 9.17) is 14.2 Å². The topological polar surface area (TPSA) is 91.1 Å². The number of carbonyl (C=O) groups excluding carboxylic acids is 1. The number of hydrogen-bond donors (Lipinski definition) is 0. The number of nitro benzene ring substituents is 1. The van der Waals surface area contributed by atoms with Crippen LogP contribution in [0.4, 0.5) is 10.1 Å². The molecule has 1 heterocycles. The zero-order valence-electron chi connectivity index (χ0n) is 19.4. The first-order valence-corrected chi connectivity index (χ1v) is 11.1. The summed E-state index contributed by atoms with van der Waals surface area (Å²) in [6.45, 7) is 0.603. The highest BCUT2D eigenvalue weighted by atomic mass is 19.1. The van der Waals surface area contributed by atoms with Crippen molar-refractivity contribution in [3.63, 3.8) is 0 Å². The van der Waals surface area contributed by atoms with E-state index in [1.54, 1.807) is 31.3 Å². The second kappa shape index (κ2) is 10.4. The molecule has 1 aliphatic rings. The Labute approximate surface area is 202 Å². The molecule has 8 nitrogen and oxygen atoms in total. The quantitative estimate of drug-likeness (QED) is 0.348. The van der Waals surface area contributed by atoms with E-state index in [0.717, 1.165) is 11.1 Å². The van der Waals surface area contributed by atoms with E-state index in [-0.39, 0.29) is 30.4 Å². The summed E-state index contributed by atoms with van der Waals surface area (Å²) < 4.78 is 30.2. The molecule has 1 atom stereocenters. The van der Waals surface area contributed by atoms with Crippen molar-refractivity contribution in [1.29, 1.82) is 0 Å². The molecule has 0 aromatic heterocycles. The van der Waals surface area contributed by atoms with Gasteiger partial charge < -0.3 is 19.1 Å². The van der Waals surface area contributed by atoms with Crippen molar-refractivity contribution in [1.82, 2.24) is 4.90 Å². The maximum atomic E-state index is 13.3. The number of carbonyl (C=O) groups is 1. The summed E-state index contributed by atoms with van der Waals surface area (Å²) in [5.74, 6) is 1.12. The zero-order valence-corrected chi connectivity index (χ0v) is 19.4. The van der Waals surface area contributed by atoms with Crippen LogP contribution in [0.15, 0.2) is 60.7 Å². The van der Waals surface area contributed by atoms with Crippen molar-refractivity contribution in [2.24, 2.45) is 0 Å². The number of halogens is 1. The number of methoxy groups -OCH3 is 2. The fraction of sp³-hybridized carbons (Fsp3) is 0.269. The third-order valence-corrected chi connectivity index (χ3v) is 6.05. The van der Waals surface area contributed by atoms with Crippen molar-refractivity contribution in [3.8, 4) is 17.2 Å². The first-order valence-electron chi connectivity index (χ1n) is 11.1. The molecule has 0 saturated heterocycles. The lowest BCUT2D eigenvalue weighted by atomic mass is 9.91. The van der Waals surface area contributed by atoms with Gasteiger partial charge in [0.25, 0.3) is 5.69 Å². The number of hydrogen-bond acceptors (Lipinski definition) is 6. The zero-order chi connectivity index (χ0) is 24.9. The van der Waals surface area contributed by atoms with Crippen LogP contribution in [0.5, 0.6) is 17.2 Å². The molecule has 1 amide bonds. The molecule has 0 N–H and O–H groups in total. The van der Waals surface area contributed by atoms with Crippen molar-refractivity contribution in [3.05, 3.63) is 93.3 Å². The molecule has 0 saturated carbocycles. The Morgan fingerprint density at radius 2 is 1.71 bits per heavy atom. The number of fused-ring (bicyclic) bond motifs is 1. The number of nitro groups is 1. The summed E-state index contributed by atoms with van der Waals surface area (Å²) in [5, 5.41) is 10.9. The fourth-order valence-electron chi connectivity index (χ4n) is 4.22. The molecule has 4 rings (SSSR count). The molecule has 0 unspecified atom stereocenters. The predicted molar refractivity (Wildman–Crippen MR) is 126 cm³/mol. The molecule has 0 aliphatic carbocycles. The van der Waals surface area contributed by atoms with E-state index in [1.807, 2.05) is 12.1 Å². The Balaban J connectivity index is 1.62. The Kier molecular flexibility index (Phi) is 7.14. The number of benzene rings is 3. The van der Waals surface area contributed by atoms with Crippen LogP contribution in [-0.4, -0.2) is 43.1 Å². The molecule has 3 aromatic carbocycles. The normalized spacial score (nSPS) is 14.7. The lowest BCUT2D eigenvalue weighted by Crippen LogP contribution is -2.43. The van der Waals surface area contributed by atoms with Gasteiger partial charge >= 0.3 is 0 Å². The first-order chi connectivity index (χ1) is 16.9. The smallest absolute Gasteiger partial charge is 0.269 e. The van der Waals surface area contributed by atoms with Crippen molar-refractivity contribution in [2.45, 2.75) is 18.9 Å². The molecule has 0 radical (unpaired) electrons. The highest BCUT2D eigenvalue weighted by Gasteiger charge is 2.33. The Morgan fingerprint density at radius 1 is 1.06 bits per heavy atom. The van der Waals surface area contributed by atoms with Crippen molar-refractivity contribution < 1.29 is 28.3 Å². The van der Waals surface area contributed by atoms with Gasteiger partial charge in [0.15, 0.2) is 11.5 Å². The maximum absolute atomic E-state index is 13.3. The molecule has 9 heteroatoms. The Bertz CT molecular complexity index is 1210. The van der Waals surface area contributed by atoms with Gasteiger partial charge in [-0.05, 0) is 59.5 Å². The minimum atomic E-state index is -0.476. The Morgan fingerprint density at radius 3 is 2.34 bits per heavy atom. The van der Waals surface area contributed by atoms with E-state index >= 15 is 0 Å². The molecule has 1 aliphatic heterocycles. The van der Waals surface area contributed by atoms with Crippen LogP contribution in [-0.2, 0) is 17.6 Å². The minimum Gasteiger partial charge on any atom is -0.493 e. The monoisotopic (exact) mass is 480 g/mol. The number of nitrogens with zero attached hydrogens (tertiary/aromatic N) is 2. The lowest BCUT2D eigenvalue weighted by molar-refractivity contribution is -0.384. The van der Waals surface area contributed by atoms with Crippen LogP contribution in [0, 0.1) is 15.9 Å². The summed E-state index contributed by atoms with van der Waals surface area (Å²) in [4.78, 5) is 25.5. The molecular formula is C26H25FN2O6. The largest absolute Gasteiger partial charge is 0.493 e. The van der Waals surface area contributed by atoms with Crippen molar-refractivity contribution in [2.75, 3.05) is 27.4 Å². The standard InChI is InChI=1S/C26H25FN2O6/c1-33-24-14-18-11-12-28(26(30)13-17-3-5-19(27)6-4-17)23(22(18)15-25(24)34-2)16-35-21-9-7-20(8-10-21)29(31)32/h3-10,14-15,23H,11-13,16H2,1-2H3/t23-/m1/s1. The van der Waals surface area contributed by atoms with Gasteiger partial charge in [0, 0.05) is 18.7 Å². The van der Waals surface area contributed by atoms with Gasteiger partial charge in [-0.3, -0.25) is 14.9 Å². The predicted octanol–water partition coefficient (Wildman–Crippen LogP) is 4.50. The van der Waals surface area contributed by atoms with Gasteiger partial charge in [-0.1, -0.05) is 12.1 Å². The number of amides is 1. The molecule has 3 aromatic rings. The summed E-state index contributed by atoms with van der Waals surface area (Å²) in [5.41, 5.74) is 2.58. The molecule has 0 bridgehead atoms. The van der Waals surface area contributed by atoms with E-state index in [0.29, 0.717) is 35.8 Å². The van der Waals surface area contributed by atoms with Gasteiger partial charge in [0.2, 0.25) is 5.91 Å². The highest BCUT2D eigenvalue weighted by molar-refractivity contribution is 5.80. The molecule has 35 heavy (non-hydrogen) atoms. The van der Waals surface area contributed by atoms with Gasteiger partial charge in [0.05, 0.1) is 31.6 Å². The second-order valence-electron chi connectivity index (χ2n) is 8.12. The summed E-state index contributed by atoms with van der Waals surface area (Å²) >= 11 is 0. The van der Waals surface area contributed by atoms with Crippen LogP contribution >= 0.6 is 0 Å². The molecule has 0 spiro atoms. The van der Waals surface area contributed by atoms with E-state index in [1.165, 1.54) is 36.4 Å². The molecular weight excluding hydrogens is 455 g/mol. The Hall–Kier alpha value is -4.14. The number of ether oxygens (including phenoxy) is 3. The second-order valence-corrected chi connectivity index (χ2v) is 8.12. The van der Waals surface area contributed by atoms with Gasteiger partial charge in [-0.25, -0.2) is 4.39 Å². The SMILES string of the molecule is COc1cc2c(cc1OC)[C@@H](COc1ccc([N+](=O)[O-])cc1)N(C(=O)Cc1ccc(F)cc1)CC2. The average Bonchev–Trinajstić information content (AvgIpc) is 2.87. The van der Waals surface area contributed by atoms with Crippen LogP contribution in [0.3, 0.4) is 0 Å². The fourth-order valence-corrected chi connectivity index (χ4v) is 4.22. The van der Waals surface area contributed by atoms with E-state index in [9.17, 15) is 19.3 Å². The number of non-ortho nitro benzene ring substituents is 1. The highest BCUT2D eigenvalue weighted by Crippen LogP contribution is 2.38. The van der Waals surface area contributed by atoms with E-state index < -0.39 is 11.0 Å². The third kappa shape index (κ3) is 5.34. The first kappa shape index (κ1) is 24.0. The van der Waals surface area contributed by atoms with Crippen LogP contribution in [0.25, 0.3) is 0 Å². The van der Waals surface area contributed by atoms with Crippen LogP contribution in [0.2, 0.25) is 0 Å². The molecule has 182 valence electrons. The van der Waals surface area contributed by atoms with Crippen LogP contribution in [0.1, 0.15) is 22.7 Å². The maximum Gasteiger partial charge on any atom is 0.269 e. The average molecular weight is 480 g/mol. The van der Waals surface area contributed by atoms with Crippen LogP contribution < -0.4 is 14.2 Å². The van der Waals surface area contributed by atoms with Gasteiger partial charge in [-0.2, -0.15) is 0 Å². The molecule has 0 fully saturated rings. The lowest BCUT2D eigenvalue weighted by Gasteiger charge is -2.37. The third-order valence-electron chi connectivity index (χ3n) is 6.05. The van der Waals surface area contributed by atoms with Gasteiger partial charge in [-0.15, -0.1) is 0 Å². The minimum absolute atomic E-state index is 0.0340. The van der Waals surface area contributed by atoms with Crippen molar-refractivity contribution >= 4 is 11.6 Å².